The third kappa shape index (κ3) is 2.89. The Balaban J connectivity index is 1.83. The number of aliphatic hydroxyl groups excluding tert-OH is 2. The van der Waals surface area contributed by atoms with E-state index in [9.17, 15) is 15.0 Å². The molecule has 114 valence electrons. The van der Waals surface area contributed by atoms with Crippen LogP contribution in [0.25, 0.3) is 11.1 Å². The third-order valence-corrected chi connectivity index (χ3v) is 3.99. The molecule has 2 N–H and O–H groups in total. The summed E-state index contributed by atoms with van der Waals surface area (Å²) < 4.78 is 0. The Labute approximate surface area is 129 Å². The molecular weight excluding hydrogens is 278 g/mol. The van der Waals surface area contributed by atoms with Crippen molar-refractivity contribution < 1.29 is 15.0 Å². The number of benzene rings is 2. The molecular formula is C18H19NO3. The SMILES string of the molecule is CC(O)c1ccc(-c2cccc(C(=O)N3CC(O)C3)c2)cc1. The van der Waals surface area contributed by atoms with Gasteiger partial charge in [0.25, 0.3) is 5.91 Å². The van der Waals surface area contributed by atoms with Gasteiger partial charge in [0.1, 0.15) is 0 Å². The average Bonchev–Trinajstić information content (AvgIpc) is 2.51. The molecule has 1 saturated heterocycles. The molecule has 0 aliphatic carbocycles. The Bertz CT molecular complexity index is 673. The maximum absolute atomic E-state index is 12.3. The lowest BCUT2D eigenvalue weighted by molar-refractivity contribution is 0.00590. The number of likely N-dealkylation sites (tertiary alicyclic amines) is 1. The van der Waals surface area contributed by atoms with Gasteiger partial charge < -0.3 is 15.1 Å². The fourth-order valence-electron chi connectivity index (χ4n) is 2.59. The van der Waals surface area contributed by atoms with Crippen LogP contribution in [0, 0.1) is 0 Å². The smallest absolute Gasteiger partial charge is 0.254 e. The minimum atomic E-state index is -0.486. The second kappa shape index (κ2) is 5.91. The number of rotatable bonds is 3. The van der Waals surface area contributed by atoms with Crippen molar-refractivity contribution in [3.05, 3.63) is 59.7 Å². The van der Waals surface area contributed by atoms with Crippen LogP contribution in [-0.4, -0.2) is 40.2 Å². The van der Waals surface area contributed by atoms with Crippen LogP contribution in [0.1, 0.15) is 28.9 Å². The molecule has 1 heterocycles. The quantitative estimate of drug-likeness (QED) is 0.913. The monoisotopic (exact) mass is 297 g/mol. The minimum Gasteiger partial charge on any atom is -0.389 e. The average molecular weight is 297 g/mol. The van der Waals surface area contributed by atoms with Gasteiger partial charge >= 0.3 is 0 Å². The van der Waals surface area contributed by atoms with Crippen LogP contribution in [0.2, 0.25) is 0 Å². The van der Waals surface area contributed by atoms with E-state index in [0.29, 0.717) is 18.7 Å². The number of hydrogen-bond donors (Lipinski definition) is 2. The van der Waals surface area contributed by atoms with Crippen molar-refractivity contribution in [1.29, 1.82) is 0 Å². The zero-order chi connectivity index (χ0) is 15.7. The molecule has 1 atom stereocenters. The van der Waals surface area contributed by atoms with Gasteiger partial charge in [-0.1, -0.05) is 36.4 Å². The molecule has 0 spiro atoms. The van der Waals surface area contributed by atoms with Crippen molar-refractivity contribution in [3.8, 4) is 11.1 Å². The Morgan fingerprint density at radius 3 is 2.41 bits per heavy atom. The van der Waals surface area contributed by atoms with Gasteiger partial charge in [-0.25, -0.2) is 0 Å². The maximum Gasteiger partial charge on any atom is 0.254 e. The summed E-state index contributed by atoms with van der Waals surface area (Å²) >= 11 is 0. The van der Waals surface area contributed by atoms with E-state index in [-0.39, 0.29) is 12.0 Å². The highest BCUT2D eigenvalue weighted by atomic mass is 16.3. The van der Waals surface area contributed by atoms with Gasteiger partial charge in [0.05, 0.1) is 12.2 Å². The molecule has 0 radical (unpaired) electrons. The first kappa shape index (κ1) is 14.8. The maximum atomic E-state index is 12.3. The number of carbonyl (C=O) groups excluding carboxylic acids is 1. The van der Waals surface area contributed by atoms with E-state index >= 15 is 0 Å². The lowest BCUT2D eigenvalue weighted by atomic mass is 9.99. The van der Waals surface area contributed by atoms with Crippen LogP contribution < -0.4 is 0 Å². The predicted molar refractivity (Wildman–Crippen MR) is 84.4 cm³/mol. The second-order valence-electron chi connectivity index (χ2n) is 5.74. The lowest BCUT2D eigenvalue weighted by Gasteiger charge is -2.35. The van der Waals surface area contributed by atoms with E-state index in [1.54, 1.807) is 17.9 Å². The molecule has 4 heteroatoms. The fourth-order valence-corrected chi connectivity index (χ4v) is 2.59. The van der Waals surface area contributed by atoms with Crippen LogP contribution in [0.3, 0.4) is 0 Å². The summed E-state index contributed by atoms with van der Waals surface area (Å²) in [6.45, 7) is 2.55. The zero-order valence-corrected chi connectivity index (χ0v) is 12.4. The number of aliphatic hydroxyl groups is 2. The van der Waals surface area contributed by atoms with E-state index in [1.807, 2.05) is 42.5 Å². The first-order valence-corrected chi connectivity index (χ1v) is 7.40. The zero-order valence-electron chi connectivity index (χ0n) is 12.4. The van der Waals surface area contributed by atoms with Crippen molar-refractivity contribution in [2.45, 2.75) is 19.1 Å². The van der Waals surface area contributed by atoms with E-state index in [2.05, 4.69) is 0 Å². The standard InChI is InChI=1S/C18H19NO3/c1-12(20)13-5-7-14(8-6-13)15-3-2-4-16(9-15)18(22)19-10-17(21)11-19/h2-9,12,17,20-21H,10-11H2,1H3. The summed E-state index contributed by atoms with van der Waals surface area (Å²) in [4.78, 5) is 13.9. The molecule has 1 fully saturated rings. The number of nitrogens with zero attached hydrogens (tertiary/aromatic N) is 1. The number of amides is 1. The molecule has 1 amide bonds. The molecule has 0 bridgehead atoms. The van der Waals surface area contributed by atoms with E-state index < -0.39 is 6.10 Å². The summed E-state index contributed by atoms with van der Waals surface area (Å²) in [7, 11) is 0. The first-order chi connectivity index (χ1) is 10.5. The normalized spacial score (nSPS) is 16.2. The van der Waals surface area contributed by atoms with Crippen molar-refractivity contribution in [2.75, 3.05) is 13.1 Å². The molecule has 4 nitrogen and oxygen atoms in total. The summed E-state index contributed by atoms with van der Waals surface area (Å²) in [6, 6.07) is 15.1. The Morgan fingerprint density at radius 2 is 1.82 bits per heavy atom. The molecule has 0 aromatic heterocycles. The van der Waals surface area contributed by atoms with Crippen molar-refractivity contribution in [1.82, 2.24) is 4.90 Å². The van der Waals surface area contributed by atoms with Crippen molar-refractivity contribution in [2.24, 2.45) is 0 Å². The van der Waals surface area contributed by atoms with E-state index in [4.69, 9.17) is 0 Å². The molecule has 1 unspecified atom stereocenters. The molecule has 0 saturated carbocycles. The van der Waals surface area contributed by atoms with Crippen LogP contribution in [-0.2, 0) is 0 Å². The van der Waals surface area contributed by atoms with E-state index in [0.717, 1.165) is 16.7 Å². The van der Waals surface area contributed by atoms with Gasteiger partial charge in [0, 0.05) is 18.7 Å². The number of hydrogen-bond acceptors (Lipinski definition) is 3. The molecule has 22 heavy (non-hydrogen) atoms. The predicted octanol–water partition coefficient (Wildman–Crippen LogP) is 2.22. The summed E-state index contributed by atoms with van der Waals surface area (Å²) in [5, 5.41) is 18.9. The van der Waals surface area contributed by atoms with Crippen molar-refractivity contribution >= 4 is 5.91 Å². The lowest BCUT2D eigenvalue weighted by Crippen LogP contribution is -2.53. The van der Waals surface area contributed by atoms with Crippen molar-refractivity contribution in [3.63, 3.8) is 0 Å². The van der Waals surface area contributed by atoms with Gasteiger partial charge in [-0.15, -0.1) is 0 Å². The fraction of sp³-hybridized carbons (Fsp3) is 0.278. The molecule has 2 aromatic carbocycles. The highest BCUT2D eigenvalue weighted by molar-refractivity contribution is 5.96. The Morgan fingerprint density at radius 1 is 1.14 bits per heavy atom. The third-order valence-electron chi connectivity index (χ3n) is 3.99. The second-order valence-corrected chi connectivity index (χ2v) is 5.74. The number of carbonyl (C=O) groups is 1. The van der Waals surface area contributed by atoms with Crippen LogP contribution in [0.5, 0.6) is 0 Å². The van der Waals surface area contributed by atoms with Crippen LogP contribution in [0.4, 0.5) is 0 Å². The summed E-state index contributed by atoms with van der Waals surface area (Å²) in [5.74, 6) is -0.0484. The topological polar surface area (TPSA) is 60.8 Å². The van der Waals surface area contributed by atoms with Gasteiger partial charge in [-0.2, -0.15) is 0 Å². The van der Waals surface area contributed by atoms with Gasteiger partial charge in [-0.05, 0) is 35.7 Å². The molecule has 2 aromatic rings. The first-order valence-electron chi connectivity index (χ1n) is 7.40. The summed E-state index contributed by atoms with van der Waals surface area (Å²) in [6.07, 6.45) is -0.875. The largest absolute Gasteiger partial charge is 0.389 e. The van der Waals surface area contributed by atoms with Crippen LogP contribution >= 0.6 is 0 Å². The molecule has 3 rings (SSSR count). The highest BCUT2D eigenvalue weighted by Crippen LogP contribution is 2.24. The Kier molecular flexibility index (Phi) is 3.96. The molecule has 1 aliphatic heterocycles. The van der Waals surface area contributed by atoms with E-state index in [1.165, 1.54) is 0 Å². The van der Waals surface area contributed by atoms with Gasteiger partial charge in [0.2, 0.25) is 0 Å². The molecule has 1 aliphatic rings. The summed E-state index contributed by atoms with van der Waals surface area (Å²) in [5.41, 5.74) is 3.46. The highest BCUT2D eigenvalue weighted by Gasteiger charge is 2.29. The number of β-amino-alcohol motifs (C(OH)–C–C–N with tert-alkyl or cyclic N) is 1. The van der Waals surface area contributed by atoms with Crippen LogP contribution in [0.15, 0.2) is 48.5 Å². The minimum absolute atomic E-state index is 0.0484. The van der Waals surface area contributed by atoms with Gasteiger partial charge in [-0.3, -0.25) is 4.79 Å². The van der Waals surface area contributed by atoms with Gasteiger partial charge in [0.15, 0.2) is 0 Å². The Hall–Kier alpha value is -2.17.